The largest absolute Gasteiger partial charge is 0.381 e. The molecule has 2 atom stereocenters. The van der Waals surface area contributed by atoms with E-state index < -0.39 is 9.84 Å². The molecule has 4 nitrogen and oxygen atoms in total. The number of hydrogen-bond donors (Lipinski definition) is 1. The molecule has 1 aliphatic rings. The van der Waals surface area contributed by atoms with Crippen LogP contribution in [-0.2, 0) is 14.6 Å². The SMILES string of the molecule is CCNC(CCCS(=O)(=O)CC)CC1CCOC1. The Morgan fingerprint density at radius 1 is 1.39 bits per heavy atom. The first-order chi connectivity index (χ1) is 8.57. The Bertz CT molecular complexity index is 310. The lowest BCUT2D eigenvalue weighted by atomic mass is 9.96. The van der Waals surface area contributed by atoms with Crippen LogP contribution in [0.3, 0.4) is 0 Å². The van der Waals surface area contributed by atoms with Gasteiger partial charge in [-0.25, -0.2) is 8.42 Å². The molecule has 0 amide bonds. The summed E-state index contributed by atoms with van der Waals surface area (Å²) < 4.78 is 28.3. The summed E-state index contributed by atoms with van der Waals surface area (Å²) in [7, 11) is -2.81. The second-order valence-electron chi connectivity index (χ2n) is 5.10. The zero-order valence-corrected chi connectivity index (χ0v) is 12.5. The average molecular weight is 277 g/mol. The van der Waals surface area contributed by atoms with E-state index in [1.165, 1.54) is 0 Å². The van der Waals surface area contributed by atoms with Gasteiger partial charge in [-0.2, -0.15) is 0 Å². The maximum Gasteiger partial charge on any atom is 0.150 e. The summed E-state index contributed by atoms with van der Waals surface area (Å²) in [5.74, 6) is 1.24. The first-order valence-electron chi connectivity index (χ1n) is 7.09. The molecule has 0 aromatic rings. The Labute approximate surface area is 111 Å². The number of hydrogen-bond acceptors (Lipinski definition) is 4. The molecule has 18 heavy (non-hydrogen) atoms. The molecule has 0 aromatic carbocycles. The van der Waals surface area contributed by atoms with Gasteiger partial charge in [0.25, 0.3) is 0 Å². The van der Waals surface area contributed by atoms with E-state index in [1.54, 1.807) is 6.92 Å². The number of nitrogens with one attached hydrogen (secondary N) is 1. The molecule has 2 unspecified atom stereocenters. The first kappa shape index (κ1) is 15.9. The van der Waals surface area contributed by atoms with Crippen LogP contribution in [0.15, 0.2) is 0 Å². The van der Waals surface area contributed by atoms with Gasteiger partial charge in [0.15, 0.2) is 0 Å². The van der Waals surface area contributed by atoms with Crippen LogP contribution in [0.4, 0.5) is 0 Å². The van der Waals surface area contributed by atoms with Gasteiger partial charge in [0.2, 0.25) is 0 Å². The summed E-state index contributed by atoms with van der Waals surface area (Å²) in [6.07, 6.45) is 3.97. The standard InChI is InChI=1S/C13H27NO3S/c1-3-14-13(10-12-7-8-17-11-12)6-5-9-18(15,16)4-2/h12-14H,3-11H2,1-2H3. The fourth-order valence-electron chi connectivity index (χ4n) is 2.46. The summed E-state index contributed by atoms with van der Waals surface area (Å²) in [4.78, 5) is 0. The van der Waals surface area contributed by atoms with Crippen molar-refractivity contribution in [2.75, 3.05) is 31.3 Å². The minimum absolute atomic E-state index is 0.259. The fourth-order valence-corrected chi connectivity index (χ4v) is 3.35. The number of rotatable bonds is 9. The molecule has 5 heteroatoms. The molecule has 0 aliphatic carbocycles. The van der Waals surface area contributed by atoms with E-state index in [0.717, 1.165) is 45.4 Å². The highest BCUT2D eigenvalue weighted by Gasteiger charge is 2.20. The van der Waals surface area contributed by atoms with E-state index in [4.69, 9.17) is 4.74 Å². The van der Waals surface area contributed by atoms with E-state index >= 15 is 0 Å². The van der Waals surface area contributed by atoms with Crippen molar-refractivity contribution in [2.24, 2.45) is 5.92 Å². The Kier molecular flexibility index (Phi) is 7.19. The first-order valence-corrected chi connectivity index (χ1v) is 8.91. The van der Waals surface area contributed by atoms with Crippen LogP contribution in [0.5, 0.6) is 0 Å². The summed E-state index contributed by atoms with van der Waals surface area (Å²) in [5, 5.41) is 3.46. The van der Waals surface area contributed by atoms with Crippen LogP contribution in [0, 0.1) is 5.92 Å². The molecule has 1 N–H and O–H groups in total. The molecule has 1 saturated heterocycles. The van der Waals surface area contributed by atoms with Crippen molar-refractivity contribution in [3.8, 4) is 0 Å². The normalized spacial score (nSPS) is 22.2. The molecule has 1 rings (SSSR count). The third kappa shape index (κ3) is 6.16. The van der Waals surface area contributed by atoms with Crippen molar-refractivity contribution in [1.29, 1.82) is 0 Å². The van der Waals surface area contributed by atoms with Crippen molar-refractivity contribution in [1.82, 2.24) is 5.32 Å². The maximum absolute atomic E-state index is 11.4. The van der Waals surface area contributed by atoms with Crippen LogP contribution in [0.25, 0.3) is 0 Å². The van der Waals surface area contributed by atoms with Gasteiger partial charge in [0.05, 0.1) is 5.75 Å². The van der Waals surface area contributed by atoms with E-state index in [1.807, 2.05) is 0 Å². The molecule has 0 radical (unpaired) electrons. The van der Waals surface area contributed by atoms with Crippen molar-refractivity contribution in [3.63, 3.8) is 0 Å². The Balaban J connectivity index is 2.28. The predicted octanol–water partition coefficient (Wildman–Crippen LogP) is 1.61. The zero-order chi connectivity index (χ0) is 13.4. The third-order valence-corrected chi connectivity index (χ3v) is 5.37. The summed E-state index contributed by atoms with van der Waals surface area (Å²) in [5.41, 5.74) is 0. The Morgan fingerprint density at radius 3 is 2.72 bits per heavy atom. The van der Waals surface area contributed by atoms with Crippen LogP contribution >= 0.6 is 0 Å². The van der Waals surface area contributed by atoms with Gasteiger partial charge in [-0.15, -0.1) is 0 Å². The monoisotopic (exact) mass is 277 g/mol. The van der Waals surface area contributed by atoms with Gasteiger partial charge in [0.1, 0.15) is 9.84 Å². The van der Waals surface area contributed by atoms with E-state index in [9.17, 15) is 8.42 Å². The van der Waals surface area contributed by atoms with Crippen LogP contribution in [0.2, 0.25) is 0 Å². The lowest BCUT2D eigenvalue weighted by Crippen LogP contribution is -2.31. The Morgan fingerprint density at radius 2 is 2.17 bits per heavy atom. The lowest BCUT2D eigenvalue weighted by molar-refractivity contribution is 0.181. The molecular formula is C13H27NO3S. The van der Waals surface area contributed by atoms with Crippen LogP contribution < -0.4 is 5.32 Å². The summed E-state index contributed by atoms with van der Waals surface area (Å²) in [6, 6.07) is 0.439. The smallest absolute Gasteiger partial charge is 0.150 e. The van der Waals surface area contributed by atoms with E-state index in [-0.39, 0.29) is 5.75 Å². The van der Waals surface area contributed by atoms with Crippen molar-refractivity contribution in [2.45, 2.75) is 45.6 Å². The molecule has 0 aromatic heterocycles. The maximum atomic E-state index is 11.4. The highest BCUT2D eigenvalue weighted by molar-refractivity contribution is 7.91. The van der Waals surface area contributed by atoms with Crippen LogP contribution in [0.1, 0.15) is 39.5 Å². The molecule has 1 fully saturated rings. The van der Waals surface area contributed by atoms with Gasteiger partial charge >= 0.3 is 0 Å². The topological polar surface area (TPSA) is 55.4 Å². The third-order valence-electron chi connectivity index (χ3n) is 3.58. The average Bonchev–Trinajstić information content (AvgIpc) is 2.82. The van der Waals surface area contributed by atoms with Crippen molar-refractivity contribution in [3.05, 3.63) is 0 Å². The molecule has 1 aliphatic heterocycles. The van der Waals surface area contributed by atoms with Crippen molar-refractivity contribution < 1.29 is 13.2 Å². The zero-order valence-electron chi connectivity index (χ0n) is 11.7. The number of ether oxygens (including phenoxy) is 1. The van der Waals surface area contributed by atoms with E-state index in [0.29, 0.717) is 17.7 Å². The second-order valence-corrected chi connectivity index (χ2v) is 7.57. The second kappa shape index (κ2) is 8.12. The molecular weight excluding hydrogens is 250 g/mol. The summed E-state index contributed by atoms with van der Waals surface area (Å²) in [6.45, 7) is 6.51. The van der Waals surface area contributed by atoms with Gasteiger partial charge in [-0.05, 0) is 38.1 Å². The quantitative estimate of drug-likeness (QED) is 0.695. The fraction of sp³-hybridized carbons (Fsp3) is 1.00. The Hall–Kier alpha value is -0.130. The lowest BCUT2D eigenvalue weighted by Gasteiger charge is -2.20. The van der Waals surface area contributed by atoms with Gasteiger partial charge in [-0.1, -0.05) is 13.8 Å². The molecule has 1 heterocycles. The van der Waals surface area contributed by atoms with Gasteiger partial charge < -0.3 is 10.1 Å². The number of sulfone groups is 1. The highest BCUT2D eigenvalue weighted by atomic mass is 32.2. The molecule has 108 valence electrons. The van der Waals surface area contributed by atoms with Gasteiger partial charge in [0, 0.05) is 25.0 Å². The predicted molar refractivity (Wildman–Crippen MR) is 74.6 cm³/mol. The molecule has 0 spiro atoms. The highest BCUT2D eigenvalue weighted by Crippen LogP contribution is 2.20. The minimum atomic E-state index is -2.81. The molecule has 0 bridgehead atoms. The summed E-state index contributed by atoms with van der Waals surface area (Å²) >= 11 is 0. The molecule has 0 saturated carbocycles. The van der Waals surface area contributed by atoms with Crippen LogP contribution in [-0.4, -0.2) is 45.7 Å². The van der Waals surface area contributed by atoms with Crippen molar-refractivity contribution >= 4 is 9.84 Å². The minimum Gasteiger partial charge on any atom is -0.381 e. The van der Waals surface area contributed by atoms with E-state index in [2.05, 4.69) is 12.2 Å². The van der Waals surface area contributed by atoms with Gasteiger partial charge in [-0.3, -0.25) is 0 Å².